The first kappa shape index (κ1) is 13.2. The molecule has 1 aromatic carbocycles. The van der Waals surface area contributed by atoms with Crippen LogP contribution in [0.15, 0.2) is 42.6 Å². The van der Waals surface area contributed by atoms with E-state index in [0.717, 1.165) is 28.2 Å². The van der Waals surface area contributed by atoms with Crippen molar-refractivity contribution in [2.45, 2.75) is 20.5 Å². The monoisotopic (exact) mass is 277 g/mol. The first-order chi connectivity index (χ1) is 10.2. The molecule has 2 heterocycles. The van der Waals surface area contributed by atoms with Gasteiger partial charge in [0, 0.05) is 6.20 Å². The van der Waals surface area contributed by atoms with Crippen molar-refractivity contribution < 1.29 is 4.74 Å². The quantitative estimate of drug-likeness (QED) is 0.737. The SMILES string of the molecule is Cc1ccc(C)c(OCc2nc(C#N)c3ccccn23)c1. The fourth-order valence-electron chi connectivity index (χ4n) is 2.29. The molecule has 0 bridgehead atoms. The minimum Gasteiger partial charge on any atom is -0.485 e. The number of nitriles is 1. The highest BCUT2D eigenvalue weighted by Crippen LogP contribution is 2.21. The van der Waals surface area contributed by atoms with Crippen LogP contribution >= 0.6 is 0 Å². The molecule has 0 saturated heterocycles. The van der Waals surface area contributed by atoms with Gasteiger partial charge in [0.05, 0.1) is 5.52 Å². The van der Waals surface area contributed by atoms with Crippen LogP contribution < -0.4 is 4.74 Å². The van der Waals surface area contributed by atoms with E-state index in [1.165, 1.54) is 0 Å². The molecule has 3 aromatic rings. The van der Waals surface area contributed by atoms with Crippen molar-refractivity contribution >= 4 is 5.52 Å². The van der Waals surface area contributed by atoms with E-state index in [1.54, 1.807) is 0 Å². The maximum absolute atomic E-state index is 9.15. The number of aromatic nitrogens is 2. The second-order valence-corrected chi connectivity index (χ2v) is 5.00. The minimum atomic E-state index is 0.331. The lowest BCUT2D eigenvalue weighted by Crippen LogP contribution is -2.02. The summed E-state index contributed by atoms with van der Waals surface area (Å²) in [5.74, 6) is 1.57. The van der Waals surface area contributed by atoms with Crippen molar-refractivity contribution in [3.05, 3.63) is 65.2 Å². The van der Waals surface area contributed by atoms with Crippen LogP contribution in [0.25, 0.3) is 5.52 Å². The van der Waals surface area contributed by atoms with Crippen molar-refractivity contribution in [1.29, 1.82) is 5.26 Å². The van der Waals surface area contributed by atoms with E-state index >= 15 is 0 Å². The number of fused-ring (bicyclic) bond motifs is 1. The third-order valence-corrected chi connectivity index (χ3v) is 3.43. The van der Waals surface area contributed by atoms with Gasteiger partial charge >= 0.3 is 0 Å². The highest BCUT2D eigenvalue weighted by Gasteiger charge is 2.11. The number of nitrogens with zero attached hydrogens (tertiary/aromatic N) is 3. The van der Waals surface area contributed by atoms with Crippen molar-refractivity contribution in [2.75, 3.05) is 0 Å². The minimum absolute atomic E-state index is 0.331. The molecule has 4 heteroatoms. The van der Waals surface area contributed by atoms with Gasteiger partial charge in [0.15, 0.2) is 11.5 Å². The van der Waals surface area contributed by atoms with E-state index in [2.05, 4.69) is 17.1 Å². The van der Waals surface area contributed by atoms with Crippen molar-refractivity contribution in [2.24, 2.45) is 0 Å². The summed E-state index contributed by atoms with van der Waals surface area (Å²) in [6, 6.07) is 13.9. The van der Waals surface area contributed by atoms with Crippen molar-refractivity contribution in [3.63, 3.8) is 0 Å². The van der Waals surface area contributed by atoms with Crippen molar-refractivity contribution in [3.8, 4) is 11.8 Å². The van der Waals surface area contributed by atoms with E-state index in [4.69, 9.17) is 10.00 Å². The van der Waals surface area contributed by atoms with Gasteiger partial charge in [0.2, 0.25) is 0 Å². The molecule has 0 amide bonds. The number of hydrogen-bond donors (Lipinski definition) is 0. The van der Waals surface area contributed by atoms with E-state index in [0.29, 0.717) is 12.3 Å². The lowest BCUT2D eigenvalue weighted by Gasteiger charge is -2.09. The number of aryl methyl sites for hydroxylation is 2. The van der Waals surface area contributed by atoms with Crippen LogP contribution in [0, 0.1) is 25.2 Å². The van der Waals surface area contributed by atoms with Crippen LogP contribution in [0.3, 0.4) is 0 Å². The lowest BCUT2D eigenvalue weighted by atomic mass is 10.1. The Kier molecular flexibility index (Phi) is 3.33. The summed E-state index contributed by atoms with van der Waals surface area (Å²) >= 11 is 0. The molecule has 21 heavy (non-hydrogen) atoms. The third kappa shape index (κ3) is 2.46. The highest BCUT2D eigenvalue weighted by atomic mass is 16.5. The largest absolute Gasteiger partial charge is 0.485 e. The van der Waals surface area contributed by atoms with Crippen LogP contribution in [-0.2, 0) is 6.61 Å². The summed E-state index contributed by atoms with van der Waals surface area (Å²) < 4.78 is 7.77. The Morgan fingerprint density at radius 3 is 2.90 bits per heavy atom. The molecule has 4 nitrogen and oxygen atoms in total. The van der Waals surface area contributed by atoms with Crippen LogP contribution in [0.2, 0.25) is 0 Å². The van der Waals surface area contributed by atoms with Gasteiger partial charge in [-0.1, -0.05) is 18.2 Å². The van der Waals surface area contributed by atoms with Crippen LogP contribution in [0.4, 0.5) is 0 Å². The molecule has 0 N–H and O–H groups in total. The average Bonchev–Trinajstić information content (AvgIpc) is 2.86. The molecule has 0 atom stereocenters. The fraction of sp³-hybridized carbons (Fsp3) is 0.176. The molecule has 0 fully saturated rings. The molecular formula is C17H15N3O. The molecule has 0 unspecified atom stereocenters. The highest BCUT2D eigenvalue weighted by molar-refractivity contribution is 5.58. The van der Waals surface area contributed by atoms with Gasteiger partial charge in [0.1, 0.15) is 18.4 Å². The zero-order valence-electron chi connectivity index (χ0n) is 12.0. The summed E-state index contributed by atoms with van der Waals surface area (Å²) in [6.45, 7) is 4.38. The Bertz CT molecular complexity index is 843. The number of ether oxygens (including phenoxy) is 1. The van der Waals surface area contributed by atoms with E-state index in [1.807, 2.05) is 54.8 Å². The topological polar surface area (TPSA) is 50.3 Å². The molecule has 0 spiro atoms. The zero-order chi connectivity index (χ0) is 14.8. The molecule has 0 aliphatic carbocycles. The van der Waals surface area contributed by atoms with Crippen molar-refractivity contribution in [1.82, 2.24) is 9.38 Å². The average molecular weight is 277 g/mol. The Morgan fingerprint density at radius 1 is 1.24 bits per heavy atom. The first-order valence-electron chi connectivity index (χ1n) is 6.75. The Labute approximate surface area is 123 Å². The molecule has 0 radical (unpaired) electrons. The molecule has 104 valence electrons. The summed E-state index contributed by atoms with van der Waals surface area (Å²) in [6.07, 6.45) is 1.89. The van der Waals surface area contributed by atoms with E-state index in [9.17, 15) is 0 Å². The molecule has 0 aliphatic heterocycles. The maximum Gasteiger partial charge on any atom is 0.166 e. The summed E-state index contributed by atoms with van der Waals surface area (Å²) in [7, 11) is 0. The molecule has 3 rings (SSSR count). The summed E-state index contributed by atoms with van der Waals surface area (Å²) in [5.41, 5.74) is 3.47. The third-order valence-electron chi connectivity index (χ3n) is 3.43. The maximum atomic E-state index is 9.15. The molecule has 2 aromatic heterocycles. The van der Waals surface area contributed by atoms with Gasteiger partial charge in [-0.25, -0.2) is 4.98 Å². The molecular weight excluding hydrogens is 262 g/mol. The first-order valence-corrected chi connectivity index (χ1v) is 6.75. The van der Waals surface area contributed by atoms with E-state index in [-0.39, 0.29) is 0 Å². The Balaban J connectivity index is 1.92. The van der Waals surface area contributed by atoms with Gasteiger partial charge in [-0.3, -0.25) is 4.40 Å². The number of benzene rings is 1. The smallest absolute Gasteiger partial charge is 0.166 e. The van der Waals surface area contributed by atoms with E-state index < -0.39 is 0 Å². The number of hydrogen-bond acceptors (Lipinski definition) is 3. The van der Waals surface area contributed by atoms with Gasteiger partial charge in [-0.15, -0.1) is 0 Å². The molecule has 0 saturated carbocycles. The van der Waals surface area contributed by atoms with Gasteiger partial charge in [-0.05, 0) is 43.2 Å². The fourth-order valence-corrected chi connectivity index (χ4v) is 2.29. The Hall–Kier alpha value is -2.80. The standard InChI is InChI=1S/C17H15N3O/c1-12-6-7-13(2)16(9-12)21-11-17-19-14(10-18)15-5-3-4-8-20(15)17/h3-9H,11H2,1-2H3. The summed E-state index contributed by atoms with van der Waals surface area (Å²) in [5, 5.41) is 9.15. The van der Waals surface area contributed by atoms with Gasteiger partial charge in [0.25, 0.3) is 0 Å². The zero-order valence-corrected chi connectivity index (χ0v) is 12.0. The van der Waals surface area contributed by atoms with Gasteiger partial charge in [-0.2, -0.15) is 5.26 Å². The molecule has 0 aliphatic rings. The lowest BCUT2D eigenvalue weighted by molar-refractivity contribution is 0.293. The second-order valence-electron chi connectivity index (χ2n) is 5.00. The normalized spacial score (nSPS) is 10.5. The van der Waals surface area contributed by atoms with Crippen LogP contribution in [0.5, 0.6) is 5.75 Å². The number of rotatable bonds is 3. The predicted octanol–water partition coefficient (Wildman–Crippen LogP) is 3.40. The van der Waals surface area contributed by atoms with Crippen LogP contribution in [-0.4, -0.2) is 9.38 Å². The summed E-state index contributed by atoms with van der Waals surface area (Å²) in [4.78, 5) is 4.35. The van der Waals surface area contributed by atoms with Gasteiger partial charge < -0.3 is 4.74 Å². The predicted molar refractivity (Wildman–Crippen MR) is 80.2 cm³/mol. The van der Waals surface area contributed by atoms with Crippen LogP contribution in [0.1, 0.15) is 22.6 Å². The number of imidazole rings is 1. The number of pyridine rings is 1. The second kappa shape index (κ2) is 5.29. The Morgan fingerprint density at radius 2 is 2.10 bits per heavy atom.